The van der Waals surface area contributed by atoms with Crippen molar-refractivity contribution < 1.29 is 13.9 Å². The van der Waals surface area contributed by atoms with E-state index < -0.39 is 5.97 Å². The molecule has 0 saturated heterocycles. The summed E-state index contributed by atoms with van der Waals surface area (Å²) in [5.41, 5.74) is 0.655. The highest BCUT2D eigenvalue weighted by Gasteiger charge is 2.24. The number of halogens is 2. The molecular weight excluding hydrogens is 377 g/mol. The fraction of sp³-hybridized carbons (Fsp3) is 0. The first-order valence-electron chi connectivity index (χ1n) is 7.51. The predicted octanol–water partition coefficient (Wildman–Crippen LogP) is 4.44. The van der Waals surface area contributed by atoms with Crippen LogP contribution in [0.5, 0.6) is 0 Å². The lowest BCUT2D eigenvalue weighted by Gasteiger charge is -2.01. The van der Waals surface area contributed by atoms with Gasteiger partial charge in [-0.25, -0.2) is 9.79 Å². The largest absolute Gasteiger partial charge is 0.462 e. The van der Waals surface area contributed by atoms with Gasteiger partial charge in [-0.1, -0.05) is 41.4 Å². The minimum Gasteiger partial charge on any atom is -0.462 e. The van der Waals surface area contributed by atoms with Gasteiger partial charge in [0, 0.05) is 10.6 Å². The molecule has 0 radical (unpaired) electrons. The van der Waals surface area contributed by atoms with Crippen molar-refractivity contribution in [3.8, 4) is 0 Å². The molecule has 26 heavy (non-hydrogen) atoms. The Hall–Kier alpha value is -2.89. The zero-order valence-electron chi connectivity index (χ0n) is 13.0. The van der Waals surface area contributed by atoms with E-state index in [-0.39, 0.29) is 38.6 Å². The third-order valence-electron chi connectivity index (χ3n) is 3.75. The molecule has 0 N–H and O–H groups in total. The molecule has 0 unspecified atom stereocenters. The van der Waals surface area contributed by atoms with Gasteiger partial charge < -0.3 is 9.15 Å². The van der Waals surface area contributed by atoms with Crippen LogP contribution in [0.15, 0.2) is 68.6 Å². The lowest BCUT2D eigenvalue weighted by molar-refractivity contribution is -0.129. The summed E-state index contributed by atoms with van der Waals surface area (Å²) < 4.78 is 10.6. The zero-order valence-corrected chi connectivity index (χ0v) is 14.5. The number of cyclic esters (lactones) is 1. The molecule has 5 nitrogen and oxygen atoms in total. The Labute approximate surface area is 157 Å². The number of hydrogen-bond acceptors (Lipinski definition) is 5. The van der Waals surface area contributed by atoms with Crippen molar-refractivity contribution in [2.75, 3.05) is 0 Å². The quantitative estimate of drug-likeness (QED) is 0.482. The second kappa shape index (κ2) is 6.44. The van der Waals surface area contributed by atoms with Crippen molar-refractivity contribution in [2.24, 2.45) is 4.99 Å². The second-order valence-electron chi connectivity index (χ2n) is 5.49. The molecule has 0 bridgehead atoms. The van der Waals surface area contributed by atoms with Gasteiger partial charge in [0.2, 0.25) is 5.90 Å². The fourth-order valence-electron chi connectivity index (χ4n) is 2.54. The van der Waals surface area contributed by atoms with Gasteiger partial charge in [-0.05, 0) is 30.3 Å². The van der Waals surface area contributed by atoms with E-state index in [1.165, 1.54) is 24.5 Å². The number of ether oxygens (including phenoxy) is 1. The van der Waals surface area contributed by atoms with Crippen LogP contribution in [0, 0.1) is 0 Å². The molecule has 0 fully saturated rings. The van der Waals surface area contributed by atoms with E-state index in [2.05, 4.69) is 4.99 Å². The topological polar surface area (TPSA) is 68.9 Å². The van der Waals surface area contributed by atoms with Crippen LogP contribution in [0.4, 0.5) is 0 Å². The lowest BCUT2D eigenvalue weighted by Crippen LogP contribution is -2.07. The molecule has 0 atom stereocenters. The molecule has 0 aliphatic carbocycles. The molecular formula is C19H9Cl2NO4. The Morgan fingerprint density at radius 2 is 1.81 bits per heavy atom. The summed E-state index contributed by atoms with van der Waals surface area (Å²) in [5, 5.41) is 0.758. The van der Waals surface area contributed by atoms with E-state index in [4.69, 9.17) is 32.4 Å². The molecule has 4 rings (SSSR count). The Balaban J connectivity index is 1.81. The van der Waals surface area contributed by atoms with Crippen LogP contribution in [0.25, 0.3) is 17.0 Å². The molecule has 3 aromatic rings. The summed E-state index contributed by atoms with van der Waals surface area (Å²) in [6.45, 7) is 0. The van der Waals surface area contributed by atoms with Crippen LogP contribution in [0.2, 0.25) is 10.0 Å². The van der Waals surface area contributed by atoms with E-state index in [1.807, 2.05) is 6.07 Å². The van der Waals surface area contributed by atoms with Gasteiger partial charge in [0.25, 0.3) is 0 Å². The fourth-order valence-corrected chi connectivity index (χ4v) is 3.08. The Morgan fingerprint density at radius 3 is 2.58 bits per heavy atom. The van der Waals surface area contributed by atoms with Gasteiger partial charge in [0.05, 0.1) is 16.0 Å². The average molecular weight is 386 g/mol. The summed E-state index contributed by atoms with van der Waals surface area (Å²) in [7, 11) is 0. The number of aliphatic imine (C=N–C) groups is 1. The third kappa shape index (κ3) is 2.92. The van der Waals surface area contributed by atoms with Gasteiger partial charge in [-0.2, -0.15) is 0 Å². The smallest absolute Gasteiger partial charge is 0.363 e. The minimum absolute atomic E-state index is 0.00336. The standard InChI is InChI=1S/C19H9Cl2NO4/c20-12-7-13-16(23)11(9-25-17(13)14(21)8-12)6-15-19(24)26-18(22-15)10-4-2-1-3-5-10/h1-9H/b15-6-. The maximum atomic E-state index is 12.7. The Kier molecular flexibility index (Phi) is 4.11. The molecule has 0 spiro atoms. The first kappa shape index (κ1) is 16.6. The van der Waals surface area contributed by atoms with Crippen LogP contribution in [-0.2, 0) is 9.53 Å². The van der Waals surface area contributed by atoms with Crippen LogP contribution in [-0.4, -0.2) is 11.9 Å². The first-order valence-corrected chi connectivity index (χ1v) is 8.27. The van der Waals surface area contributed by atoms with E-state index in [1.54, 1.807) is 24.3 Å². The van der Waals surface area contributed by atoms with Gasteiger partial charge in [0.15, 0.2) is 16.7 Å². The number of rotatable bonds is 2. The van der Waals surface area contributed by atoms with E-state index in [9.17, 15) is 9.59 Å². The average Bonchev–Trinajstić information content (AvgIpc) is 2.99. The predicted molar refractivity (Wildman–Crippen MR) is 99.6 cm³/mol. The molecule has 1 aliphatic heterocycles. The molecule has 2 aromatic carbocycles. The van der Waals surface area contributed by atoms with Crippen molar-refractivity contribution in [1.29, 1.82) is 0 Å². The van der Waals surface area contributed by atoms with Gasteiger partial charge >= 0.3 is 5.97 Å². The zero-order chi connectivity index (χ0) is 18.3. The summed E-state index contributed by atoms with van der Waals surface area (Å²) in [5.74, 6) is -0.467. The Morgan fingerprint density at radius 1 is 1.04 bits per heavy atom. The van der Waals surface area contributed by atoms with Crippen molar-refractivity contribution in [3.63, 3.8) is 0 Å². The van der Waals surface area contributed by atoms with Crippen molar-refractivity contribution in [1.82, 2.24) is 0 Å². The SMILES string of the molecule is O=C1OC(c2ccccc2)=N/C1=C\c1coc2c(Cl)cc(Cl)cc2c1=O. The van der Waals surface area contributed by atoms with Crippen molar-refractivity contribution in [2.45, 2.75) is 0 Å². The maximum Gasteiger partial charge on any atom is 0.363 e. The first-order chi connectivity index (χ1) is 12.5. The highest BCUT2D eigenvalue weighted by atomic mass is 35.5. The summed E-state index contributed by atoms with van der Waals surface area (Å²) in [6.07, 6.45) is 2.54. The monoisotopic (exact) mass is 385 g/mol. The normalized spacial score (nSPS) is 15.4. The van der Waals surface area contributed by atoms with E-state index >= 15 is 0 Å². The number of esters is 1. The molecule has 1 aliphatic rings. The molecule has 128 valence electrons. The van der Waals surface area contributed by atoms with Crippen molar-refractivity contribution in [3.05, 3.63) is 85.8 Å². The van der Waals surface area contributed by atoms with Gasteiger partial charge in [0.1, 0.15) is 6.26 Å². The third-order valence-corrected chi connectivity index (χ3v) is 4.25. The molecule has 0 saturated carbocycles. The van der Waals surface area contributed by atoms with Crippen molar-refractivity contribution >= 4 is 52.1 Å². The number of nitrogens with zero attached hydrogens (tertiary/aromatic N) is 1. The number of carbonyl (C=O) groups is 1. The van der Waals surface area contributed by atoms with Crippen LogP contribution in [0.1, 0.15) is 11.1 Å². The minimum atomic E-state index is -0.646. The van der Waals surface area contributed by atoms with E-state index in [0.29, 0.717) is 10.6 Å². The maximum absolute atomic E-state index is 12.7. The van der Waals surface area contributed by atoms with Crippen LogP contribution < -0.4 is 5.43 Å². The number of hydrogen-bond donors (Lipinski definition) is 0. The van der Waals surface area contributed by atoms with Gasteiger partial charge in [-0.3, -0.25) is 4.79 Å². The second-order valence-corrected chi connectivity index (χ2v) is 6.33. The number of benzene rings is 2. The molecule has 2 heterocycles. The van der Waals surface area contributed by atoms with Crippen LogP contribution >= 0.6 is 23.2 Å². The summed E-state index contributed by atoms with van der Waals surface area (Å²) in [6, 6.07) is 11.9. The van der Waals surface area contributed by atoms with Gasteiger partial charge in [-0.15, -0.1) is 0 Å². The van der Waals surface area contributed by atoms with E-state index in [0.717, 1.165) is 0 Å². The summed E-state index contributed by atoms with van der Waals surface area (Å²) >= 11 is 12.0. The highest BCUT2D eigenvalue weighted by Crippen LogP contribution is 2.27. The summed E-state index contributed by atoms with van der Waals surface area (Å²) in [4.78, 5) is 28.9. The van der Waals surface area contributed by atoms with Crippen LogP contribution in [0.3, 0.4) is 0 Å². The lowest BCUT2D eigenvalue weighted by atomic mass is 10.1. The molecule has 7 heteroatoms. The molecule has 0 amide bonds. The Bertz CT molecular complexity index is 1160. The number of fused-ring (bicyclic) bond motifs is 1. The highest BCUT2D eigenvalue weighted by molar-refractivity contribution is 6.38. The number of carbonyl (C=O) groups excluding carboxylic acids is 1. The molecule has 1 aromatic heterocycles.